The number of nitrogens with zero attached hydrogens (tertiary/aromatic N) is 2. The number of nitriles is 1. The van der Waals surface area contributed by atoms with Gasteiger partial charge in [-0.25, -0.2) is 4.39 Å². The molecule has 1 aliphatic heterocycles. The van der Waals surface area contributed by atoms with Gasteiger partial charge in [-0.1, -0.05) is 0 Å². The van der Waals surface area contributed by atoms with E-state index in [-0.39, 0.29) is 5.82 Å². The first kappa shape index (κ1) is 10.4. The van der Waals surface area contributed by atoms with Gasteiger partial charge in [0.1, 0.15) is 11.9 Å². The van der Waals surface area contributed by atoms with Crippen molar-refractivity contribution in [1.82, 2.24) is 0 Å². The van der Waals surface area contributed by atoms with E-state index in [1.807, 2.05) is 6.07 Å². The summed E-state index contributed by atoms with van der Waals surface area (Å²) in [5.41, 5.74) is 1.25. The lowest BCUT2D eigenvalue weighted by atomic mass is 10.1. The van der Waals surface area contributed by atoms with Gasteiger partial charge in [0, 0.05) is 13.1 Å². The smallest absolute Gasteiger partial charge is 0.138 e. The third-order valence-corrected chi connectivity index (χ3v) is 3.21. The van der Waals surface area contributed by atoms with E-state index in [9.17, 15) is 4.39 Å². The zero-order valence-electron chi connectivity index (χ0n) is 8.13. The molecule has 0 atom stereocenters. The predicted octanol–water partition coefficient (Wildman–Crippen LogP) is 3.06. The minimum atomic E-state index is -0.380. The topological polar surface area (TPSA) is 27.0 Å². The fourth-order valence-electron chi connectivity index (χ4n) is 1.85. The molecular weight excluding hydrogens is 259 g/mol. The molecule has 0 spiro atoms. The molecule has 0 bridgehead atoms. The van der Waals surface area contributed by atoms with Crippen LogP contribution in [0.2, 0.25) is 0 Å². The summed E-state index contributed by atoms with van der Waals surface area (Å²) in [5.74, 6) is -0.380. The van der Waals surface area contributed by atoms with E-state index in [1.165, 1.54) is 6.07 Å². The Balaban J connectivity index is 2.45. The van der Waals surface area contributed by atoms with E-state index in [2.05, 4.69) is 20.8 Å². The van der Waals surface area contributed by atoms with Gasteiger partial charge in [-0.05, 0) is 40.9 Å². The molecule has 4 heteroatoms. The number of hydrogen-bond donors (Lipinski definition) is 0. The highest BCUT2D eigenvalue weighted by Crippen LogP contribution is 2.29. The fourth-order valence-corrected chi connectivity index (χ4v) is 2.18. The van der Waals surface area contributed by atoms with Crippen molar-refractivity contribution in [3.63, 3.8) is 0 Å². The second-order valence-corrected chi connectivity index (χ2v) is 4.44. The Morgan fingerprint density at radius 2 is 2.00 bits per heavy atom. The number of rotatable bonds is 1. The molecule has 2 nitrogen and oxygen atoms in total. The van der Waals surface area contributed by atoms with Crippen LogP contribution in [0, 0.1) is 17.1 Å². The summed E-state index contributed by atoms with van der Waals surface area (Å²) >= 11 is 3.15. The molecule has 0 amide bonds. The summed E-state index contributed by atoms with van der Waals surface area (Å²) < 4.78 is 13.6. The van der Waals surface area contributed by atoms with E-state index in [1.54, 1.807) is 6.07 Å². The molecular formula is C11H10BrFN2. The average Bonchev–Trinajstić information content (AvgIpc) is 2.74. The fraction of sp³-hybridized carbons (Fsp3) is 0.364. The van der Waals surface area contributed by atoms with E-state index in [0.717, 1.165) is 31.6 Å². The normalized spacial score (nSPS) is 15.4. The molecule has 1 aromatic rings. The first-order valence-corrected chi connectivity index (χ1v) is 5.66. The van der Waals surface area contributed by atoms with Gasteiger partial charge in [0.25, 0.3) is 0 Å². The highest BCUT2D eigenvalue weighted by molar-refractivity contribution is 9.10. The molecule has 0 N–H and O–H groups in total. The van der Waals surface area contributed by atoms with Crippen LogP contribution < -0.4 is 4.90 Å². The molecule has 1 heterocycles. The van der Waals surface area contributed by atoms with Crippen LogP contribution in [-0.4, -0.2) is 13.1 Å². The first-order valence-electron chi connectivity index (χ1n) is 4.86. The molecule has 2 rings (SSSR count). The van der Waals surface area contributed by atoms with E-state index < -0.39 is 0 Å². The third kappa shape index (κ3) is 1.98. The summed E-state index contributed by atoms with van der Waals surface area (Å²) in [4.78, 5) is 2.13. The van der Waals surface area contributed by atoms with E-state index in [4.69, 9.17) is 5.26 Å². The number of halogens is 2. The maximum absolute atomic E-state index is 13.2. The van der Waals surface area contributed by atoms with Gasteiger partial charge in [0.2, 0.25) is 0 Å². The summed E-state index contributed by atoms with van der Waals surface area (Å²) in [5, 5.41) is 8.94. The van der Waals surface area contributed by atoms with Crippen LogP contribution in [0.1, 0.15) is 18.4 Å². The Bertz CT molecular complexity index is 419. The first-order chi connectivity index (χ1) is 7.22. The van der Waals surface area contributed by atoms with Crippen LogP contribution in [0.4, 0.5) is 10.1 Å². The lowest BCUT2D eigenvalue weighted by Gasteiger charge is -2.19. The molecule has 78 valence electrons. The van der Waals surface area contributed by atoms with Gasteiger partial charge in [-0.3, -0.25) is 0 Å². The molecule has 1 aliphatic rings. The van der Waals surface area contributed by atoms with E-state index in [0.29, 0.717) is 10.0 Å². The Hall–Kier alpha value is -1.08. The second-order valence-electron chi connectivity index (χ2n) is 3.59. The molecule has 15 heavy (non-hydrogen) atoms. The average molecular weight is 269 g/mol. The van der Waals surface area contributed by atoms with Crippen molar-refractivity contribution in [1.29, 1.82) is 5.26 Å². The molecule has 0 aromatic heterocycles. The second kappa shape index (κ2) is 4.19. The van der Waals surface area contributed by atoms with Crippen LogP contribution in [0.3, 0.4) is 0 Å². The monoisotopic (exact) mass is 268 g/mol. The third-order valence-electron chi connectivity index (χ3n) is 2.61. The predicted molar refractivity (Wildman–Crippen MR) is 60.3 cm³/mol. The molecule has 0 aliphatic carbocycles. The van der Waals surface area contributed by atoms with Crippen LogP contribution in [0.25, 0.3) is 0 Å². The van der Waals surface area contributed by atoms with Crippen molar-refractivity contribution >= 4 is 21.6 Å². The van der Waals surface area contributed by atoms with Crippen molar-refractivity contribution < 1.29 is 4.39 Å². The Morgan fingerprint density at radius 3 is 2.60 bits per heavy atom. The standard InChI is InChI=1S/C11H10BrFN2/c12-9-6-11(15-3-1-2-4-15)8(7-14)5-10(9)13/h5-6H,1-4H2. The minimum absolute atomic E-state index is 0.380. The lowest BCUT2D eigenvalue weighted by Crippen LogP contribution is -2.18. The van der Waals surface area contributed by atoms with Crippen molar-refractivity contribution in [3.8, 4) is 6.07 Å². The quantitative estimate of drug-likeness (QED) is 0.783. The maximum Gasteiger partial charge on any atom is 0.138 e. The number of benzene rings is 1. The molecule has 0 radical (unpaired) electrons. The summed E-state index contributed by atoms with van der Waals surface area (Å²) in [6.07, 6.45) is 2.28. The SMILES string of the molecule is N#Cc1cc(F)c(Br)cc1N1CCCC1. The van der Waals surface area contributed by atoms with E-state index >= 15 is 0 Å². The highest BCUT2D eigenvalue weighted by atomic mass is 79.9. The van der Waals surface area contributed by atoms with Crippen LogP contribution in [-0.2, 0) is 0 Å². The Kier molecular flexibility index (Phi) is 2.92. The molecule has 1 saturated heterocycles. The maximum atomic E-state index is 13.2. The van der Waals surface area contributed by atoms with Crippen LogP contribution >= 0.6 is 15.9 Å². The van der Waals surface area contributed by atoms with Gasteiger partial charge in [-0.15, -0.1) is 0 Å². The largest absolute Gasteiger partial charge is 0.370 e. The lowest BCUT2D eigenvalue weighted by molar-refractivity contribution is 0.620. The minimum Gasteiger partial charge on any atom is -0.370 e. The zero-order valence-corrected chi connectivity index (χ0v) is 9.72. The summed E-state index contributed by atoms with van der Waals surface area (Å²) in [7, 11) is 0. The van der Waals surface area contributed by atoms with Gasteiger partial charge in [-0.2, -0.15) is 5.26 Å². The molecule has 0 saturated carbocycles. The highest BCUT2D eigenvalue weighted by Gasteiger charge is 2.17. The van der Waals surface area contributed by atoms with Crippen molar-refractivity contribution in [2.45, 2.75) is 12.8 Å². The summed E-state index contributed by atoms with van der Waals surface area (Å²) in [6.45, 7) is 1.90. The molecule has 1 fully saturated rings. The van der Waals surface area contributed by atoms with Crippen molar-refractivity contribution in [2.75, 3.05) is 18.0 Å². The van der Waals surface area contributed by atoms with Crippen molar-refractivity contribution in [2.24, 2.45) is 0 Å². The number of hydrogen-bond acceptors (Lipinski definition) is 2. The van der Waals surface area contributed by atoms with Crippen LogP contribution in [0.5, 0.6) is 0 Å². The summed E-state index contributed by atoms with van der Waals surface area (Å²) in [6, 6.07) is 5.02. The molecule has 1 aromatic carbocycles. The van der Waals surface area contributed by atoms with Gasteiger partial charge in [0.05, 0.1) is 15.7 Å². The van der Waals surface area contributed by atoms with Gasteiger partial charge < -0.3 is 4.90 Å². The van der Waals surface area contributed by atoms with Crippen molar-refractivity contribution in [3.05, 3.63) is 28.0 Å². The zero-order chi connectivity index (χ0) is 10.8. The molecule has 0 unspecified atom stereocenters. The van der Waals surface area contributed by atoms with Crippen LogP contribution in [0.15, 0.2) is 16.6 Å². The Labute approximate surface area is 96.4 Å². The van der Waals surface area contributed by atoms with Gasteiger partial charge in [0.15, 0.2) is 0 Å². The van der Waals surface area contributed by atoms with Gasteiger partial charge >= 0.3 is 0 Å². The Morgan fingerprint density at radius 1 is 1.33 bits per heavy atom. The number of anilines is 1.